The Morgan fingerprint density at radius 2 is 1.85 bits per heavy atom. The molecule has 2 N–H and O–H groups in total. The van der Waals surface area contributed by atoms with E-state index in [2.05, 4.69) is 10.2 Å². The lowest BCUT2D eigenvalue weighted by molar-refractivity contribution is -0.0731. The number of aromatic nitrogens is 2. The fourth-order valence-corrected chi connectivity index (χ4v) is 2.80. The van der Waals surface area contributed by atoms with Crippen LogP contribution in [0.5, 0.6) is 5.88 Å². The van der Waals surface area contributed by atoms with Crippen molar-refractivity contribution in [2.24, 2.45) is 5.73 Å². The van der Waals surface area contributed by atoms with Crippen LogP contribution >= 0.6 is 12.2 Å². The van der Waals surface area contributed by atoms with Crippen LogP contribution in [-0.2, 0) is 4.74 Å². The molecule has 1 aliphatic rings. The molecule has 1 aromatic heterocycles. The van der Waals surface area contributed by atoms with Gasteiger partial charge in [0.2, 0.25) is 5.88 Å². The van der Waals surface area contributed by atoms with Crippen molar-refractivity contribution in [3.63, 3.8) is 0 Å². The van der Waals surface area contributed by atoms with Gasteiger partial charge in [-0.1, -0.05) is 12.2 Å². The lowest BCUT2D eigenvalue weighted by Crippen LogP contribution is -2.36. The van der Waals surface area contributed by atoms with Crippen molar-refractivity contribution in [3.8, 4) is 5.88 Å². The average molecular weight is 295 g/mol. The van der Waals surface area contributed by atoms with Gasteiger partial charge in [0.05, 0.1) is 23.5 Å². The van der Waals surface area contributed by atoms with Crippen LogP contribution in [-0.4, -0.2) is 33.5 Å². The topological polar surface area (TPSA) is 70.3 Å². The third-order valence-electron chi connectivity index (χ3n) is 3.60. The van der Waals surface area contributed by atoms with Gasteiger partial charge in [0, 0.05) is 12.8 Å². The van der Waals surface area contributed by atoms with Crippen LogP contribution in [0, 0.1) is 13.8 Å². The van der Waals surface area contributed by atoms with Gasteiger partial charge in [-0.05, 0) is 33.3 Å². The molecule has 2 rings (SSSR count). The monoisotopic (exact) mass is 295 g/mol. The predicted molar refractivity (Wildman–Crippen MR) is 81.1 cm³/mol. The number of thiocarbonyl (C=S) groups is 1. The van der Waals surface area contributed by atoms with E-state index in [9.17, 15) is 0 Å². The second-order valence-electron chi connectivity index (χ2n) is 5.42. The first-order valence-electron chi connectivity index (χ1n) is 6.84. The average Bonchev–Trinajstić information content (AvgIpc) is 2.32. The molecule has 1 aromatic rings. The Bertz CT molecular complexity index is 511. The van der Waals surface area contributed by atoms with Gasteiger partial charge in [0.1, 0.15) is 11.1 Å². The van der Waals surface area contributed by atoms with Gasteiger partial charge in [-0.3, -0.25) is 0 Å². The number of rotatable bonds is 3. The molecule has 1 fully saturated rings. The quantitative estimate of drug-likeness (QED) is 0.861. The van der Waals surface area contributed by atoms with Crippen molar-refractivity contribution in [2.75, 3.05) is 0 Å². The lowest BCUT2D eigenvalue weighted by Gasteiger charge is -2.32. The Morgan fingerprint density at radius 3 is 2.40 bits per heavy atom. The van der Waals surface area contributed by atoms with Crippen molar-refractivity contribution in [3.05, 3.63) is 16.8 Å². The van der Waals surface area contributed by atoms with E-state index in [1.165, 1.54) is 0 Å². The highest BCUT2D eigenvalue weighted by atomic mass is 32.1. The maximum atomic E-state index is 6.00. The number of ether oxygens (including phenoxy) is 2. The number of hydrogen-bond acceptors (Lipinski definition) is 5. The molecule has 20 heavy (non-hydrogen) atoms. The number of nitrogens with two attached hydrogens (primary N) is 1. The Morgan fingerprint density at radius 1 is 1.25 bits per heavy atom. The Labute approximate surface area is 124 Å². The molecule has 0 saturated carbocycles. The standard InChI is InChI=1S/C14H21N3O2S/c1-7-5-11(6-8(2)18-7)19-14-12(13(15)20)9(3)10(4)16-17-14/h7-8,11H,5-6H2,1-4H3,(H2,15,20). The molecule has 110 valence electrons. The molecule has 1 saturated heterocycles. The van der Waals surface area contributed by atoms with Crippen LogP contribution in [0.25, 0.3) is 0 Å². The molecule has 0 aromatic carbocycles. The van der Waals surface area contributed by atoms with Crippen molar-refractivity contribution in [1.29, 1.82) is 0 Å². The van der Waals surface area contributed by atoms with Gasteiger partial charge in [-0.15, -0.1) is 5.10 Å². The minimum atomic E-state index is 0.0539. The molecule has 5 nitrogen and oxygen atoms in total. The van der Waals surface area contributed by atoms with Gasteiger partial charge in [-0.2, -0.15) is 5.10 Å². The van der Waals surface area contributed by atoms with Gasteiger partial charge in [0.25, 0.3) is 0 Å². The number of hydrogen-bond donors (Lipinski definition) is 1. The third kappa shape index (κ3) is 3.24. The van der Waals surface area contributed by atoms with Crippen LogP contribution in [0.2, 0.25) is 0 Å². The maximum Gasteiger partial charge on any atom is 0.244 e. The molecule has 6 heteroatoms. The van der Waals surface area contributed by atoms with E-state index in [1.54, 1.807) is 0 Å². The molecule has 2 unspecified atom stereocenters. The zero-order valence-corrected chi connectivity index (χ0v) is 13.2. The van der Waals surface area contributed by atoms with Crippen LogP contribution in [0.1, 0.15) is 43.5 Å². The summed E-state index contributed by atoms with van der Waals surface area (Å²) in [6.45, 7) is 7.91. The van der Waals surface area contributed by atoms with Crippen LogP contribution in [0.3, 0.4) is 0 Å². The van der Waals surface area contributed by atoms with Crippen molar-refractivity contribution >= 4 is 17.2 Å². The first-order valence-corrected chi connectivity index (χ1v) is 7.25. The molecule has 2 atom stereocenters. The molecule has 0 radical (unpaired) electrons. The Kier molecular flexibility index (Phi) is 4.55. The van der Waals surface area contributed by atoms with E-state index in [-0.39, 0.29) is 18.3 Å². The molecular formula is C14H21N3O2S. The molecule has 1 aliphatic heterocycles. The smallest absolute Gasteiger partial charge is 0.244 e. The molecule has 0 bridgehead atoms. The van der Waals surface area contributed by atoms with Crippen LogP contribution in [0.15, 0.2) is 0 Å². The summed E-state index contributed by atoms with van der Waals surface area (Å²) in [6, 6.07) is 0. The fraction of sp³-hybridized carbons (Fsp3) is 0.643. The third-order valence-corrected chi connectivity index (χ3v) is 3.81. The van der Waals surface area contributed by atoms with Gasteiger partial charge in [0.15, 0.2) is 0 Å². The lowest BCUT2D eigenvalue weighted by atomic mass is 10.0. The fourth-order valence-electron chi connectivity index (χ4n) is 2.56. The van der Waals surface area contributed by atoms with Gasteiger partial charge in [-0.25, -0.2) is 0 Å². The minimum Gasteiger partial charge on any atom is -0.473 e. The van der Waals surface area contributed by atoms with Crippen molar-refractivity contribution < 1.29 is 9.47 Å². The van der Waals surface area contributed by atoms with E-state index in [1.807, 2.05) is 27.7 Å². The summed E-state index contributed by atoms with van der Waals surface area (Å²) in [5.74, 6) is 0.437. The SMILES string of the molecule is Cc1nnc(OC2CC(C)OC(C)C2)c(C(N)=S)c1C. The summed E-state index contributed by atoms with van der Waals surface area (Å²) in [4.78, 5) is 0.295. The van der Waals surface area contributed by atoms with Gasteiger partial charge >= 0.3 is 0 Å². The predicted octanol–water partition coefficient (Wildman–Crippen LogP) is 2.06. The van der Waals surface area contributed by atoms with Gasteiger partial charge < -0.3 is 15.2 Å². The maximum absolute atomic E-state index is 6.00. The van der Waals surface area contributed by atoms with E-state index >= 15 is 0 Å². The van der Waals surface area contributed by atoms with Crippen molar-refractivity contribution in [2.45, 2.75) is 58.8 Å². The van der Waals surface area contributed by atoms with E-state index in [0.29, 0.717) is 16.4 Å². The first-order chi connectivity index (χ1) is 9.38. The van der Waals surface area contributed by atoms with Crippen molar-refractivity contribution in [1.82, 2.24) is 10.2 Å². The van der Waals surface area contributed by atoms with E-state index in [0.717, 1.165) is 24.1 Å². The second-order valence-corrected chi connectivity index (χ2v) is 5.86. The van der Waals surface area contributed by atoms with Crippen LogP contribution < -0.4 is 10.5 Å². The zero-order valence-electron chi connectivity index (χ0n) is 12.3. The normalized spacial score (nSPS) is 26.3. The summed E-state index contributed by atoms with van der Waals surface area (Å²) in [6.07, 6.45) is 2.07. The minimum absolute atomic E-state index is 0.0539. The summed E-state index contributed by atoms with van der Waals surface area (Å²) in [5, 5.41) is 8.23. The Hall–Kier alpha value is -1.27. The summed E-state index contributed by atoms with van der Waals surface area (Å²) in [7, 11) is 0. The molecule has 2 heterocycles. The summed E-state index contributed by atoms with van der Waals surface area (Å²) >= 11 is 5.12. The highest BCUT2D eigenvalue weighted by Gasteiger charge is 2.27. The molecule has 0 aliphatic carbocycles. The van der Waals surface area contributed by atoms with E-state index < -0.39 is 0 Å². The molecule has 0 spiro atoms. The second kappa shape index (κ2) is 6.01. The molecule has 0 amide bonds. The van der Waals surface area contributed by atoms with E-state index in [4.69, 9.17) is 27.4 Å². The summed E-state index contributed by atoms with van der Waals surface area (Å²) < 4.78 is 11.7. The highest BCUT2D eigenvalue weighted by molar-refractivity contribution is 7.80. The highest BCUT2D eigenvalue weighted by Crippen LogP contribution is 2.26. The number of aryl methyl sites for hydroxylation is 1. The largest absolute Gasteiger partial charge is 0.473 e. The molecular weight excluding hydrogens is 274 g/mol. The van der Waals surface area contributed by atoms with Crippen LogP contribution in [0.4, 0.5) is 0 Å². The number of nitrogens with zero attached hydrogens (tertiary/aromatic N) is 2. The first kappa shape index (κ1) is 15.1. The zero-order chi connectivity index (χ0) is 14.9. The Balaban J connectivity index is 2.25. The summed E-state index contributed by atoms with van der Waals surface area (Å²) in [5.41, 5.74) is 8.24.